The Morgan fingerprint density at radius 2 is 2.22 bits per heavy atom. The minimum absolute atomic E-state index is 0.109. The lowest BCUT2D eigenvalue weighted by Crippen LogP contribution is -2.44. The third-order valence-electron chi connectivity index (χ3n) is 5.27. The Labute approximate surface area is 135 Å². The number of H-pyrrole nitrogens is 1. The van der Waals surface area contributed by atoms with E-state index in [1.54, 1.807) is 6.07 Å². The number of halogens is 1. The molecule has 1 aromatic carbocycles. The van der Waals surface area contributed by atoms with Crippen LogP contribution in [-0.2, 0) is 17.8 Å². The highest BCUT2D eigenvalue weighted by atomic mass is 19.1. The van der Waals surface area contributed by atoms with Crippen LogP contribution < -0.4 is 0 Å². The van der Waals surface area contributed by atoms with Gasteiger partial charge in [-0.2, -0.15) is 0 Å². The summed E-state index contributed by atoms with van der Waals surface area (Å²) in [5, 5.41) is 0.983. The van der Waals surface area contributed by atoms with Crippen molar-refractivity contribution in [3.05, 3.63) is 35.3 Å². The van der Waals surface area contributed by atoms with Gasteiger partial charge in [-0.3, -0.25) is 9.69 Å². The van der Waals surface area contributed by atoms with Gasteiger partial charge in [0.15, 0.2) is 0 Å². The molecule has 4 rings (SSSR count). The van der Waals surface area contributed by atoms with Crippen LogP contribution in [0.25, 0.3) is 10.9 Å². The minimum Gasteiger partial charge on any atom is -0.358 e. The zero-order valence-corrected chi connectivity index (χ0v) is 13.4. The number of amides is 1. The van der Waals surface area contributed by atoms with Gasteiger partial charge in [-0.1, -0.05) is 0 Å². The third kappa shape index (κ3) is 2.63. The number of rotatable bonds is 2. The van der Waals surface area contributed by atoms with E-state index in [9.17, 15) is 9.18 Å². The van der Waals surface area contributed by atoms with Crippen LogP contribution in [0.3, 0.4) is 0 Å². The molecule has 1 fully saturated rings. The number of piperidine rings is 1. The van der Waals surface area contributed by atoms with Crippen LogP contribution in [0.15, 0.2) is 18.2 Å². The zero-order valence-electron chi connectivity index (χ0n) is 13.4. The van der Waals surface area contributed by atoms with Gasteiger partial charge in [0, 0.05) is 56.2 Å². The number of aromatic amines is 1. The molecular weight excluding hydrogens is 293 g/mol. The zero-order chi connectivity index (χ0) is 16.0. The van der Waals surface area contributed by atoms with Crippen LogP contribution in [0.5, 0.6) is 0 Å². The van der Waals surface area contributed by atoms with Crippen LogP contribution in [0.4, 0.5) is 4.39 Å². The molecular formula is C18H22FN3O. The third-order valence-corrected chi connectivity index (χ3v) is 5.27. The Kier molecular flexibility index (Phi) is 3.60. The van der Waals surface area contributed by atoms with Gasteiger partial charge in [-0.25, -0.2) is 4.39 Å². The SMILES string of the molecule is CN1CCCC(CN2CCc3[nH]c4ccc(F)cc4c3C2)C1=O. The van der Waals surface area contributed by atoms with Crippen molar-refractivity contribution >= 4 is 16.8 Å². The van der Waals surface area contributed by atoms with Crippen LogP contribution in [0, 0.1) is 11.7 Å². The lowest BCUT2D eigenvalue weighted by Gasteiger charge is -2.34. The van der Waals surface area contributed by atoms with E-state index in [-0.39, 0.29) is 17.6 Å². The first kappa shape index (κ1) is 14.7. The maximum absolute atomic E-state index is 13.6. The second-order valence-corrected chi connectivity index (χ2v) is 6.86. The summed E-state index contributed by atoms with van der Waals surface area (Å²) < 4.78 is 13.6. The molecule has 1 amide bonds. The summed E-state index contributed by atoms with van der Waals surface area (Å²) in [5.41, 5.74) is 3.42. The molecule has 1 atom stereocenters. The molecule has 1 N–H and O–H groups in total. The number of carbonyl (C=O) groups is 1. The van der Waals surface area contributed by atoms with E-state index >= 15 is 0 Å². The van der Waals surface area contributed by atoms with Gasteiger partial charge >= 0.3 is 0 Å². The molecule has 23 heavy (non-hydrogen) atoms. The van der Waals surface area contributed by atoms with Crippen molar-refractivity contribution in [3.8, 4) is 0 Å². The maximum Gasteiger partial charge on any atom is 0.226 e. The van der Waals surface area contributed by atoms with Crippen LogP contribution >= 0.6 is 0 Å². The molecule has 1 saturated heterocycles. The van der Waals surface area contributed by atoms with Crippen LogP contribution in [0.1, 0.15) is 24.1 Å². The summed E-state index contributed by atoms with van der Waals surface area (Å²) in [4.78, 5) is 19.9. The molecule has 0 saturated carbocycles. The number of aromatic nitrogens is 1. The first-order chi connectivity index (χ1) is 11.1. The molecule has 2 aliphatic rings. The summed E-state index contributed by atoms with van der Waals surface area (Å²) in [5.74, 6) is 0.185. The molecule has 5 heteroatoms. The van der Waals surface area contributed by atoms with Crippen molar-refractivity contribution in [2.75, 3.05) is 26.7 Å². The smallest absolute Gasteiger partial charge is 0.226 e. The Hall–Kier alpha value is -1.88. The number of fused-ring (bicyclic) bond motifs is 3. The number of nitrogens with one attached hydrogen (secondary N) is 1. The van der Waals surface area contributed by atoms with E-state index in [2.05, 4.69) is 9.88 Å². The van der Waals surface area contributed by atoms with Crippen molar-refractivity contribution in [2.24, 2.45) is 5.92 Å². The summed E-state index contributed by atoms with van der Waals surface area (Å²) >= 11 is 0. The number of likely N-dealkylation sites (tertiary alicyclic amines) is 1. The van der Waals surface area contributed by atoms with Gasteiger partial charge in [-0.15, -0.1) is 0 Å². The van der Waals surface area contributed by atoms with E-state index in [4.69, 9.17) is 0 Å². The Morgan fingerprint density at radius 3 is 3.09 bits per heavy atom. The quantitative estimate of drug-likeness (QED) is 0.925. The van der Waals surface area contributed by atoms with Gasteiger partial charge in [0.25, 0.3) is 0 Å². The molecule has 2 aliphatic heterocycles. The normalized spacial score (nSPS) is 22.6. The van der Waals surface area contributed by atoms with Crippen molar-refractivity contribution in [3.63, 3.8) is 0 Å². The van der Waals surface area contributed by atoms with E-state index in [1.165, 1.54) is 17.3 Å². The molecule has 0 bridgehead atoms. The Morgan fingerprint density at radius 1 is 1.35 bits per heavy atom. The monoisotopic (exact) mass is 315 g/mol. The first-order valence-electron chi connectivity index (χ1n) is 8.38. The molecule has 0 aliphatic carbocycles. The highest BCUT2D eigenvalue weighted by molar-refractivity contribution is 5.85. The second kappa shape index (κ2) is 5.64. The van der Waals surface area contributed by atoms with E-state index in [0.29, 0.717) is 0 Å². The maximum atomic E-state index is 13.6. The van der Waals surface area contributed by atoms with Gasteiger partial charge < -0.3 is 9.88 Å². The molecule has 2 aromatic rings. The van der Waals surface area contributed by atoms with E-state index < -0.39 is 0 Å². The number of nitrogens with zero attached hydrogens (tertiary/aromatic N) is 2. The number of hydrogen-bond acceptors (Lipinski definition) is 2. The highest BCUT2D eigenvalue weighted by Gasteiger charge is 2.30. The standard InChI is InChI=1S/C18H22FN3O/c1-21-7-2-3-12(18(21)23)10-22-8-6-17-15(11-22)14-9-13(19)4-5-16(14)20-17/h4-5,9,12,20H,2-3,6-8,10-11H2,1H3. The van der Waals surface area contributed by atoms with Crippen molar-refractivity contribution < 1.29 is 9.18 Å². The predicted octanol–water partition coefficient (Wildman–Crippen LogP) is 2.53. The minimum atomic E-state index is -0.194. The summed E-state index contributed by atoms with van der Waals surface area (Å²) in [6, 6.07) is 4.93. The molecule has 0 radical (unpaired) electrons. The highest BCUT2D eigenvalue weighted by Crippen LogP contribution is 2.29. The topological polar surface area (TPSA) is 39.3 Å². The molecule has 0 spiro atoms. The fraction of sp³-hybridized carbons (Fsp3) is 0.500. The number of hydrogen-bond donors (Lipinski definition) is 1. The summed E-state index contributed by atoms with van der Waals surface area (Å²) in [6.45, 7) is 3.44. The van der Waals surface area contributed by atoms with E-state index in [1.807, 2.05) is 18.0 Å². The Bertz CT molecular complexity index is 754. The fourth-order valence-electron chi connectivity index (χ4n) is 4.00. The van der Waals surface area contributed by atoms with E-state index in [0.717, 1.165) is 56.3 Å². The van der Waals surface area contributed by atoms with Gasteiger partial charge in [-0.05, 0) is 36.6 Å². The molecule has 1 unspecified atom stereocenters. The van der Waals surface area contributed by atoms with Crippen molar-refractivity contribution in [2.45, 2.75) is 25.8 Å². The Balaban J connectivity index is 1.55. The second-order valence-electron chi connectivity index (χ2n) is 6.86. The predicted molar refractivity (Wildman–Crippen MR) is 87.6 cm³/mol. The molecule has 3 heterocycles. The molecule has 4 nitrogen and oxygen atoms in total. The lowest BCUT2D eigenvalue weighted by molar-refractivity contribution is -0.137. The van der Waals surface area contributed by atoms with Gasteiger partial charge in [0.2, 0.25) is 5.91 Å². The van der Waals surface area contributed by atoms with Crippen molar-refractivity contribution in [1.29, 1.82) is 0 Å². The van der Waals surface area contributed by atoms with Crippen LogP contribution in [0.2, 0.25) is 0 Å². The molecule has 1 aromatic heterocycles. The average Bonchev–Trinajstić information content (AvgIpc) is 2.89. The summed E-state index contributed by atoms with van der Waals surface area (Å²) in [7, 11) is 1.89. The average molecular weight is 315 g/mol. The largest absolute Gasteiger partial charge is 0.358 e. The van der Waals surface area contributed by atoms with Gasteiger partial charge in [0.05, 0.1) is 5.92 Å². The number of benzene rings is 1. The lowest BCUT2D eigenvalue weighted by atomic mass is 9.95. The van der Waals surface area contributed by atoms with Crippen LogP contribution in [-0.4, -0.2) is 47.4 Å². The first-order valence-corrected chi connectivity index (χ1v) is 8.38. The van der Waals surface area contributed by atoms with Gasteiger partial charge in [0.1, 0.15) is 5.82 Å². The van der Waals surface area contributed by atoms with Crippen molar-refractivity contribution in [1.82, 2.24) is 14.8 Å². The fourth-order valence-corrected chi connectivity index (χ4v) is 4.00. The number of carbonyl (C=O) groups excluding carboxylic acids is 1. The molecule has 122 valence electrons. The summed E-state index contributed by atoms with van der Waals surface area (Å²) in [6.07, 6.45) is 3.00.